The Bertz CT molecular complexity index is 439. The molecule has 1 aliphatic rings. The van der Waals surface area contributed by atoms with Crippen LogP contribution in [-0.2, 0) is 9.47 Å². The summed E-state index contributed by atoms with van der Waals surface area (Å²) in [4.78, 5) is 4.00. The molecule has 1 fully saturated rings. The van der Waals surface area contributed by atoms with Crippen molar-refractivity contribution in [1.82, 2.24) is 4.98 Å². The number of ether oxygens (including phenoxy) is 2. The summed E-state index contributed by atoms with van der Waals surface area (Å²) in [5.41, 5.74) is 1.00. The molecule has 2 rings (SSSR count). The molecular formula is C14H16ClNO2S. The van der Waals surface area contributed by atoms with Gasteiger partial charge in [0.1, 0.15) is 5.15 Å². The lowest BCUT2D eigenvalue weighted by atomic mass is 10.2. The first-order valence-electron chi connectivity index (χ1n) is 6.00. The first-order chi connectivity index (χ1) is 9.28. The summed E-state index contributed by atoms with van der Waals surface area (Å²) in [6.07, 6.45) is 11.2. The van der Waals surface area contributed by atoms with E-state index in [1.165, 1.54) is 0 Å². The number of pyridine rings is 1. The van der Waals surface area contributed by atoms with Crippen LogP contribution in [0.25, 0.3) is 6.08 Å². The van der Waals surface area contributed by atoms with E-state index in [-0.39, 0.29) is 6.29 Å². The molecule has 0 unspecified atom stereocenters. The van der Waals surface area contributed by atoms with Crippen LogP contribution in [0.4, 0.5) is 0 Å². The highest BCUT2D eigenvalue weighted by Crippen LogP contribution is 2.16. The minimum absolute atomic E-state index is 0.239. The summed E-state index contributed by atoms with van der Waals surface area (Å²) in [7, 11) is 0. The van der Waals surface area contributed by atoms with Gasteiger partial charge in [0.2, 0.25) is 0 Å². The van der Waals surface area contributed by atoms with E-state index in [1.807, 2.05) is 30.4 Å². The van der Waals surface area contributed by atoms with E-state index in [9.17, 15) is 0 Å². The van der Waals surface area contributed by atoms with Crippen LogP contribution in [0.3, 0.4) is 0 Å². The van der Waals surface area contributed by atoms with Crippen LogP contribution in [0.2, 0.25) is 5.15 Å². The maximum atomic E-state index is 5.71. The molecule has 3 nitrogen and oxygen atoms in total. The molecule has 0 aliphatic carbocycles. The Hall–Kier alpha value is -0.810. The fourth-order valence-corrected chi connectivity index (χ4v) is 2.10. The lowest BCUT2D eigenvalue weighted by Crippen LogP contribution is -2.32. The Morgan fingerprint density at radius 2 is 2.11 bits per heavy atom. The molecule has 0 N–H and O–H groups in total. The highest BCUT2D eigenvalue weighted by atomic mass is 35.5. The first kappa shape index (κ1) is 14.6. The lowest BCUT2D eigenvalue weighted by molar-refractivity contribution is -0.146. The third-order valence-corrected chi connectivity index (χ3v) is 3.81. The summed E-state index contributed by atoms with van der Waals surface area (Å²) >= 11 is 7.48. The molecule has 1 aliphatic heterocycles. The molecule has 0 aromatic carbocycles. The Balaban J connectivity index is 1.78. The molecule has 1 saturated heterocycles. The number of nitrogens with zero attached hydrogens (tertiary/aromatic N) is 1. The summed E-state index contributed by atoms with van der Waals surface area (Å²) < 4.78 is 11.1. The van der Waals surface area contributed by atoms with E-state index < -0.39 is 0 Å². The van der Waals surface area contributed by atoms with Crippen molar-refractivity contribution >= 4 is 29.4 Å². The molecule has 0 spiro atoms. The second kappa shape index (κ2) is 7.70. The van der Waals surface area contributed by atoms with Gasteiger partial charge >= 0.3 is 0 Å². The fourth-order valence-electron chi connectivity index (χ4n) is 1.56. The van der Waals surface area contributed by atoms with Gasteiger partial charge in [-0.1, -0.05) is 35.9 Å². The maximum absolute atomic E-state index is 5.71. The van der Waals surface area contributed by atoms with Gasteiger partial charge in [0.05, 0.1) is 18.5 Å². The van der Waals surface area contributed by atoms with Crippen molar-refractivity contribution in [3.8, 4) is 0 Å². The molecule has 1 aromatic heterocycles. The Labute approximate surface area is 122 Å². The van der Waals surface area contributed by atoms with Gasteiger partial charge in [-0.15, -0.1) is 0 Å². The number of hydrogen-bond acceptors (Lipinski definition) is 4. The minimum Gasteiger partial charge on any atom is -0.348 e. The van der Waals surface area contributed by atoms with Gasteiger partial charge in [-0.05, 0) is 24.0 Å². The number of rotatable bonds is 4. The van der Waals surface area contributed by atoms with Crippen LogP contribution < -0.4 is 0 Å². The topological polar surface area (TPSA) is 31.4 Å². The monoisotopic (exact) mass is 297 g/mol. The third-order valence-electron chi connectivity index (χ3n) is 2.64. The highest BCUT2D eigenvalue weighted by Gasteiger charge is 2.18. The second-order valence-electron chi connectivity index (χ2n) is 4.05. The van der Waals surface area contributed by atoms with Crippen LogP contribution in [0.15, 0.2) is 36.6 Å². The van der Waals surface area contributed by atoms with Crippen molar-refractivity contribution in [1.29, 1.82) is 0 Å². The molecule has 0 saturated carbocycles. The number of allylic oxidation sites excluding steroid dienone is 2. The van der Waals surface area contributed by atoms with Crippen LogP contribution in [0.5, 0.6) is 0 Å². The predicted octanol–water partition coefficient (Wildman–Crippen LogP) is 3.41. The minimum atomic E-state index is -0.239. The summed E-state index contributed by atoms with van der Waals surface area (Å²) in [6, 6.07) is 3.68. The van der Waals surface area contributed by atoms with Crippen molar-refractivity contribution in [2.75, 3.05) is 19.5 Å². The van der Waals surface area contributed by atoms with Gasteiger partial charge in [-0.25, -0.2) is 4.98 Å². The van der Waals surface area contributed by atoms with Crippen molar-refractivity contribution < 1.29 is 9.47 Å². The molecule has 5 heteroatoms. The van der Waals surface area contributed by atoms with E-state index in [0.717, 1.165) is 18.8 Å². The summed E-state index contributed by atoms with van der Waals surface area (Å²) in [5, 5.41) is 0.945. The van der Waals surface area contributed by atoms with E-state index in [4.69, 9.17) is 21.1 Å². The Kier molecular flexibility index (Phi) is 5.92. The third kappa shape index (κ3) is 4.99. The molecular weight excluding hydrogens is 282 g/mol. The van der Waals surface area contributed by atoms with Crippen molar-refractivity contribution in [3.63, 3.8) is 0 Å². The first-order valence-corrected chi connectivity index (χ1v) is 7.67. The molecule has 2 heterocycles. The van der Waals surface area contributed by atoms with Gasteiger partial charge in [0.25, 0.3) is 0 Å². The molecule has 0 atom stereocenters. The van der Waals surface area contributed by atoms with E-state index in [0.29, 0.717) is 10.4 Å². The standard InChI is InChI=1S/C14H16ClNO2S/c1-19-12-9-17-14(18-10-12)5-3-2-4-11-6-7-13(15)16-8-11/h2-8,12,14H,9-10H2,1H3. The van der Waals surface area contributed by atoms with Gasteiger partial charge in [-0.3, -0.25) is 0 Å². The summed E-state index contributed by atoms with van der Waals surface area (Å²) in [5.74, 6) is 0. The summed E-state index contributed by atoms with van der Waals surface area (Å²) in [6.45, 7) is 1.47. The number of aromatic nitrogens is 1. The number of thioether (sulfide) groups is 1. The molecule has 102 valence electrons. The SMILES string of the molecule is CSC1COC(C=CC=Cc2ccc(Cl)nc2)OC1. The molecule has 19 heavy (non-hydrogen) atoms. The van der Waals surface area contributed by atoms with E-state index in [2.05, 4.69) is 11.2 Å². The zero-order valence-electron chi connectivity index (χ0n) is 10.7. The molecule has 0 amide bonds. The van der Waals surface area contributed by atoms with Crippen molar-refractivity contribution in [3.05, 3.63) is 47.3 Å². The Morgan fingerprint density at radius 1 is 1.32 bits per heavy atom. The molecule has 0 bridgehead atoms. The largest absolute Gasteiger partial charge is 0.348 e. The molecule has 1 aromatic rings. The van der Waals surface area contributed by atoms with Crippen LogP contribution in [-0.4, -0.2) is 36.0 Å². The van der Waals surface area contributed by atoms with E-state index >= 15 is 0 Å². The van der Waals surface area contributed by atoms with Gasteiger partial charge in [0.15, 0.2) is 6.29 Å². The Morgan fingerprint density at radius 3 is 2.74 bits per heavy atom. The highest BCUT2D eigenvalue weighted by molar-refractivity contribution is 7.99. The van der Waals surface area contributed by atoms with Gasteiger partial charge < -0.3 is 9.47 Å². The number of halogens is 1. The predicted molar refractivity (Wildman–Crippen MR) is 80.4 cm³/mol. The van der Waals surface area contributed by atoms with Gasteiger partial charge in [-0.2, -0.15) is 11.8 Å². The average molecular weight is 298 g/mol. The lowest BCUT2D eigenvalue weighted by Gasteiger charge is -2.26. The zero-order chi connectivity index (χ0) is 13.5. The number of hydrogen-bond donors (Lipinski definition) is 0. The normalized spacial score (nSPS) is 24.3. The average Bonchev–Trinajstić information content (AvgIpc) is 2.46. The van der Waals surface area contributed by atoms with Crippen molar-refractivity contribution in [2.24, 2.45) is 0 Å². The maximum Gasteiger partial charge on any atom is 0.177 e. The van der Waals surface area contributed by atoms with Gasteiger partial charge in [0, 0.05) is 6.20 Å². The zero-order valence-corrected chi connectivity index (χ0v) is 12.2. The molecule has 0 radical (unpaired) electrons. The van der Waals surface area contributed by atoms with Crippen LogP contribution >= 0.6 is 23.4 Å². The fraction of sp³-hybridized carbons (Fsp3) is 0.357. The smallest absolute Gasteiger partial charge is 0.177 e. The quantitative estimate of drug-likeness (QED) is 0.629. The second-order valence-corrected chi connectivity index (χ2v) is 5.58. The van der Waals surface area contributed by atoms with Crippen LogP contribution in [0, 0.1) is 0 Å². The van der Waals surface area contributed by atoms with E-state index in [1.54, 1.807) is 24.0 Å². The van der Waals surface area contributed by atoms with Crippen LogP contribution in [0.1, 0.15) is 5.56 Å². The van der Waals surface area contributed by atoms with Crippen molar-refractivity contribution in [2.45, 2.75) is 11.5 Å².